The maximum absolute atomic E-state index is 10.0. The lowest BCUT2D eigenvalue weighted by Crippen LogP contribution is -1.99. The second kappa shape index (κ2) is 4.81. The summed E-state index contributed by atoms with van der Waals surface area (Å²) in [6.45, 7) is 0.328. The quantitative estimate of drug-likeness (QED) is 0.562. The van der Waals surface area contributed by atoms with Gasteiger partial charge in [0, 0.05) is 0 Å². The summed E-state index contributed by atoms with van der Waals surface area (Å²) in [5.41, 5.74) is 0.916. The highest BCUT2D eigenvalue weighted by Crippen LogP contribution is 2.34. The van der Waals surface area contributed by atoms with Crippen LogP contribution in [0.25, 0.3) is 0 Å². The number of carbonyl (C=O) groups excluding carboxylic acids is 1. The van der Waals surface area contributed by atoms with Gasteiger partial charge in [0.1, 0.15) is 0 Å². The fourth-order valence-corrected chi connectivity index (χ4v) is 1.40. The molecule has 1 aliphatic carbocycles. The molecule has 0 radical (unpaired) electrons. The Bertz CT molecular complexity index is 420. The molecule has 0 N–H and O–H groups in total. The first kappa shape index (κ1) is 10.7. The fraction of sp³-hybridized carbons (Fsp3) is 0.417. The zero-order chi connectivity index (χ0) is 11.4. The van der Waals surface area contributed by atoms with Gasteiger partial charge >= 0.3 is 0 Å². The van der Waals surface area contributed by atoms with Crippen molar-refractivity contribution in [1.82, 2.24) is 0 Å². The van der Waals surface area contributed by atoms with Gasteiger partial charge in [0.05, 0.1) is 19.8 Å². The summed E-state index contributed by atoms with van der Waals surface area (Å²) in [6.07, 6.45) is 4.03. The zero-order valence-corrected chi connectivity index (χ0v) is 9.10. The Hall–Kier alpha value is -1.80. The van der Waals surface area contributed by atoms with Crippen LogP contribution in [0.3, 0.4) is 0 Å². The topological polar surface area (TPSA) is 47.9 Å². The predicted octanol–water partition coefficient (Wildman–Crippen LogP) is 2.07. The molecule has 2 rings (SSSR count). The number of rotatable bonds is 5. The van der Waals surface area contributed by atoms with E-state index in [4.69, 9.17) is 9.47 Å². The molecule has 1 aromatic carbocycles. The normalized spacial score (nSPS) is 14.1. The van der Waals surface area contributed by atoms with E-state index in [-0.39, 0.29) is 0 Å². The number of isocyanates is 1. The molecular weight excluding hydrogens is 206 g/mol. The van der Waals surface area contributed by atoms with E-state index in [1.54, 1.807) is 7.11 Å². The Morgan fingerprint density at radius 1 is 1.44 bits per heavy atom. The van der Waals surface area contributed by atoms with Crippen LogP contribution in [0.4, 0.5) is 0 Å². The molecule has 0 saturated heterocycles. The minimum atomic E-state index is 0.318. The summed E-state index contributed by atoms with van der Waals surface area (Å²) < 4.78 is 10.9. The van der Waals surface area contributed by atoms with Gasteiger partial charge < -0.3 is 9.47 Å². The number of hydrogen-bond donors (Lipinski definition) is 0. The van der Waals surface area contributed by atoms with Gasteiger partial charge in [-0.1, -0.05) is 6.07 Å². The zero-order valence-electron chi connectivity index (χ0n) is 9.10. The Balaban J connectivity index is 2.18. The third kappa shape index (κ3) is 2.61. The summed E-state index contributed by atoms with van der Waals surface area (Å²) in [5, 5.41) is 0. The second-order valence-corrected chi connectivity index (χ2v) is 3.71. The van der Waals surface area contributed by atoms with Gasteiger partial charge in [0.25, 0.3) is 0 Å². The minimum Gasteiger partial charge on any atom is -0.493 e. The highest BCUT2D eigenvalue weighted by molar-refractivity contribution is 5.44. The Kier molecular flexibility index (Phi) is 3.22. The van der Waals surface area contributed by atoms with Crippen LogP contribution in [0, 0.1) is 0 Å². The van der Waals surface area contributed by atoms with E-state index in [0.717, 1.165) is 24.2 Å². The molecule has 0 atom stereocenters. The van der Waals surface area contributed by atoms with Crippen LogP contribution < -0.4 is 9.47 Å². The molecule has 0 bridgehead atoms. The molecule has 16 heavy (non-hydrogen) atoms. The predicted molar refractivity (Wildman–Crippen MR) is 58.5 cm³/mol. The van der Waals surface area contributed by atoms with Crippen molar-refractivity contribution >= 4 is 6.08 Å². The summed E-state index contributed by atoms with van der Waals surface area (Å²) in [7, 11) is 1.61. The van der Waals surface area contributed by atoms with Crippen molar-refractivity contribution in [2.45, 2.75) is 25.5 Å². The third-order valence-electron chi connectivity index (χ3n) is 2.37. The van der Waals surface area contributed by atoms with Gasteiger partial charge in [-0.25, -0.2) is 9.79 Å². The average molecular weight is 219 g/mol. The van der Waals surface area contributed by atoms with Gasteiger partial charge in [-0.2, -0.15) is 0 Å². The van der Waals surface area contributed by atoms with Crippen LogP contribution >= 0.6 is 0 Å². The SMILES string of the molecule is COc1ccc(CN=C=O)cc1OC1CC1. The maximum atomic E-state index is 10.0. The smallest absolute Gasteiger partial charge is 0.235 e. The maximum Gasteiger partial charge on any atom is 0.235 e. The van der Waals surface area contributed by atoms with E-state index in [1.165, 1.54) is 6.08 Å². The molecule has 1 saturated carbocycles. The fourth-order valence-electron chi connectivity index (χ4n) is 1.40. The third-order valence-corrected chi connectivity index (χ3v) is 2.37. The first-order chi connectivity index (χ1) is 7.83. The summed E-state index contributed by atoms with van der Waals surface area (Å²) >= 11 is 0. The highest BCUT2D eigenvalue weighted by atomic mass is 16.5. The molecule has 84 valence electrons. The van der Waals surface area contributed by atoms with Crippen LogP contribution in [0.15, 0.2) is 23.2 Å². The number of hydrogen-bond acceptors (Lipinski definition) is 4. The second-order valence-electron chi connectivity index (χ2n) is 3.71. The summed E-state index contributed by atoms with van der Waals surface area (Å²) in [5.74, 6) is 1.44. The van der Waals surface area contributed by atoms with Crippen molar-refractivity contribution in [3.63, 3.8) is 0 Å². The van der Waals surface area contributed by atoms with Crippen molar-refractivity contribution in [1.29, 1.82) is 0 Å². The van der Waals surface area contributed by atoms with Crippen molar-refractivity contribution < 1.29 is 14.3 Å². The molecule has 1 aliphatic rings. The van der Waals surface area contributed by atoms with Crippen LogP contribution in [-0.2, 0) is 11.3 Å². The molecule has 0 amide bonds. The van der Waals surface area contributed by atoms with E-state index in [2.05, 4.69) is 4.99 Å². The first-order valence-electron chi connectivity index (χ1n) is 5.20. The van der Waals surface area contributed by atoms with E-state index in [9.17, 15) is 4.79 Å². The molecule has 1 fully saturated rings. The standard InChI is InChI=1S/C12H13NO3/c1-15-11-5-2-9(7-13-8-14)6-12(11)16-10-3-4-10/h2,5-6,10H,3-4,7H2,1H3. The monoisotopic (exact) mass is 219 g/mol. The molecule has 0 spiro atoms. The lowest BCUT2D eigenvalue weighted by Gasteiger charge is -2.10. The molecule has 0 unspecified atom stereocenters. The van der Waals surface area contributed by atoms with Gasteiger partial charge in [0.15, 0.2) is 11.5 Å². The molecule has 0 aromatic heterocycles. The summed E-state index contributed by atoms with van der Waals surface area (Å²) in [4.78, 5) is 13.6. The summed E-state index contributed by atoms with van der Waals surface area (Å²) in [6, 6.07) is 5.55. The number of benzene rings is 1. The molecule has 1 aromatic rings. The molecule has 0 aliphatic heterocycles. The van der Waals surface area contributed by atoms with E-state index >= 15 is 0 Å². The van der Waals surface area contributed by atoms with Crippen molar-refractivity contribution in [3.8, 4) is 11.5 Å². The largest absolute Gasteiger partial charge is 0.493 e. The van der Waals surface area contributed by atoms with E-state index in [1.807, 2.05) is 18.2 Å². The molecule has 0 heterocycles. The molecule has 4 heteroatoms. The first-order valence-corrected chi connectivity index (χ1v) is 5.20. The highest BCUT2D eigenvalue weighted by Gasteiger charge is 2.24. The molecular formula is C12H13NO3. The number of nitrogens with zero attached hydrogens (tertiary/aromatic N) is 1. The van der Waals surface area contributed by atoms with Crippen LogP contribution in [-0.4, -0.2) is 19.3 Å². The number of methoxy groups -OCH3 is 1. The van der Waals surface area contributed by atoms with E-state index in [0.29, 0.717) is 18.4 Å². The Morgan fingerprint density at radius 3 is 2.88 bits per heavy atom. The minimum absolute atomic E-state index is 0.318. The number of aliphatic imine (C=N–C) groups is 1. The van der Waals surface area contributed by atoms with Crippen molar-refractivity contribution in [3.05, 3.63) is 23.8 Å². The van der Waals surface area contributed by atoms with Crippen molar-refractivity contribution in [2.75, 3.05) is 7.11 Å². The van der Waals surface area contributed by atoms with Crippen LogP contribution in [0.5, 0.6) is 11.5 Å². The Labute approximate surface area is 93.9 Å². The average Bonchev–Trinajstić information content (AvgIpc) is 3.10. The van der Waals surface area contributed by atoms with Crippen LogP contribution in [0.1, 0.15) is 18.4 Å². The van der Waals surface area contributed by atoms with Gasteiger partial charge in [0.2, 0.25) is 6.08 Å². The van der Waals surface area contributed by atoms with Gasteiger partial charge in [-0.05, 0) is 30.5 Å². The van der Waals surface area contributed by atoms with Crippen LogP contribution in [0.2, 0.25) is 0 Å². The Morgan fingerprint density at radius 2 is 2.25 bits per heavy atom. The lowest BCUT2D eigenvalue weighted by atomic mass is 10.2. The van der Waals surface area contributed by atoms with Gasteiger partial charge in [-0.3, -0.25) is 0 Å². The van der Waals surface area contributed by atoms with Gasteiger partial charge in [-0.15, -0.1) is 0 Å². The lowest BCUT2D eigenvalue weighted by molar-refractivity contribution is 0.282. The van der Waals surface area contributed by atoms with E-state index < -0.39 is 0 Å². The number of ether oxygens (including phenoxy) is 2. The van der Waals surface area contributed by atoms with Crippen molar-refractivity contribution in [2.24, 2.45) is 4.99 Å². The molecule has 4 nitrogen and oxygen atoms in total.